The van der Waals surface area contributed by atoms with Crippen molar-refractivity contribution in [3.8, 4) is 0 Å². The van der Waals surface area contributed by atoms with Crippen molar-refractivity contribution in [1.82, 2.24) is 10.2 Å². The van der Waals surface area contributed by atoms with E-state index in [-0.39, 0.29) is 17.9 Å². The summed E-state index contributed by atoms with van der Waals surface area (Å²) in [5.74, 6) is -0.384. The van der Waals surface area contributed by atoms with Crippen molar-refractivity contribution in [2.24, 2.45) is 0 Å². The van der Waals surface area contributed by atoms with Crippen molar-refractivity contribution < 1.29 is 9.59 Å². The lowest BCUT2D eigenvalue weighted by Crippen LogP contribution is -2.40. The molecule has 0 spiro atoms. The number of rotatable bonds is 3. The van der Waals surface area contributed by atoms with E-state index >= 15 is 0 Å². The van der Waals surface area contributed by atoms with Crippen LogP contribution in [0.1, 0.15) is 27.6 Å². The zero-order chi connectivity index (χ0) is 11.7. The smallest absolute Gasteiger partial charge is 0.261 e. The van der Waals surface area contributed by atoms with Crippen LogP contribution in [0.2, 0.25) is 0 Å². The maximum atomic E-state index is 11.9. The molecular weight excluding hydrogens is 204 g/mol. The first-order valence-electron chi connectivity index (χ1n) is 5.27. The minimum atomic E-state index is -0.192. The molecule has 84 valence electrons. The first-order chi connectivity index (χ1) is 7.65. The number of hydrogen-bond acceptors (Lipinski definition) is 3. The van der Waals surface area contributed by atoms with Gasteiger partial charge in [-0.2, -0.15) is 0 Å². The topological polar surface area (TPSA) is 49.4 Å². The number of likely N-dealkylation sites (N-methyl/N-ethyl adjacent to an activating group) is 1. The molecule has 0 saturated carbocycles. The maximum Gasteiger partial charge on any atom is 0.261 e. The van der Waals surface area contributed by atoms with E-state index in [1.54, 1.807) is 24.3 Å². The first-order valence-corrected chi connectivity index (χ1v) is 5.27. The van der Waals surface area contributed by atoms with E-state index in [9.17, 15) is 9.59 Å². The molecular formula is C12H14N2O2. The summed E-state index contributed by atoms with van der Waals surface area (Å²) in [5, 5.41) is 3.01. The molecule has 1 aliphatic rings. The third kappa shape index (κ3) is 1.61. The van der Waals surface area contributed by atoms with Crippen LogP contribution in [0.4, 0.5) is 0 Å². The van der Waals surface area contributed by atoms with E-state index in [1.165, 1.54) is 4.90 Å². The van der Waals surface area contributed by atoms with Gasteiger partial charge in [-0.25, -0.2) is 0 Å². The second kappa shape index (κ2) is 4.06. The summed E-state index contributed by atoms with van der Waals surface area (Å²) in [5.41, 5.74) is 1.02. The van der Waals surface area contributed by atoms with Crippen LogP contribution < -0.4 is 5.32 Å². The minimum absolute atomic E-state index is 0.0993. The summed E-state index contributed by atoms with van der Waals surface area (Å²) in [6.07, 6.45) is 0. The van der Waals surface area contributed by atoms with Gasteiger partial charge in [0.05, 0.1) is 11.1 Å². The van der Waals surface area contributed by atoms with E-state index in [0.717, 1.165) is 0 Å². The Morgan fingerprint density at radius 1 is 1.19 bits per heavy atom. The van der Waals surface area contributed by atoms with Crippen LogP contribution in [0.15, 0.2) is 24.3 Å². The summed E-state index contributed by atoms with van der Waals surface area (Å²) in [6, 6.07) is 7.03. The number of hydrogen-bond donors (Lipinski definition) is 1. The third-order valence-corrected chi connectivity index (χ3v) is 2.83. The van der Waals surface area contributed by atoms with Gasteiger partial charge < -0.3 is 5.32 Å². The van der Waals surface area contributed by atoms with Crippen molar-refractivity contribution in [2.45, 2.75) is 13.0 Å². The largest absolute Gasteiger partial charge is 0.315 e. The molecule has 2 amide bonds. The van der Waals surface area contributed by atoms with E-state index in [2.05, 4.69) is 5.32 Å². The number of carbonyl (C=O) groups is 2. The molecule has 0 bridgehead atoms. The Kier molecular flexibility index (Phi) is 2.75. The summed E-state index contributed by atoms with van der Waals surface area (Å²) >= 11 is 0. The molecule has 0 saturated heterocycles. The second-order valence-electron chi connectivity index (χ2n) is 3.96. The molecule has 0 radical (unpaired) electrons. The molecule has 1 aromatic carbocycles. The highest BCUT2D eigenvalue weighted by molar-refractivity contribution is 6.21. The number of carbonyl (C=O) groups excluding carboxylic acids is 2. The molecule has 2 rings (SSSR count). The van der Waals surface area contributed by atoms with Gasteiger partial charge in [0.2, 0.25) is 0 Å². The zero-order valence-corrected chi connectivity index (χ0v) is 9.36. The Bertz CT molecular complexity index is 407. The van der Waals surface area contributed by atoms with E-state index in [0.29, 0.717) is 17.7 Å². The fourth-order valence-electron chi connectivity index (χ4n) is 1.77. The van der Waals surface area contributed by atoms with Crippen LogP contribution in [0.25, 0.3) is 0 Å². The van der Waals surface area contributed by atoms with Crippen molar-refractivity contribution in [3.63, 3.8) is 0 Å². The van der Waals surface area contributed by atoms with Crippen molar-refractivity contribution in [2.75, 3.05) is 13.6 Å². The van der Waals surface area contributed by atoms with Crippen molar-refractivity contribution >= 4 is 11.8 Å². The van der Waals surface area contributed by atoms with Gasteiger partial charge in [-0.3, -0.25) is 14.5 Å². The molecule has 4 heteroatoms. The van der Waals surface area contributed by atoms with Gasteiger partial charge in [0.25, 0.3) is 11.8 Å². The highest BCUT2D eigenvalue weighted by Gasteiger charge is 2.35. The van der Waals surface area contributed by atoms with Crippen LogP contribution in [0.3, 0.4) is 0 Å². The number of nitrogens with one attached hydrogen (secondary N) is 1. The Morgan fingerprint density at radius 3 is 2.12 bits per heavy atom. The van der Waals surface area contributed by atoms with Gasteiger partial charge in [-0.15, -0.1) is 0 Å². The highest BCUT2D eigenvalue weighted by Crippen LogP contribution is 2.22. The van der Waals surface area contributed by atoms with Crippen molar-refractivity contribution in [1.29, 1.82) is 0 Å². The summed E-state index contributed by atoms with van der Waals surface area (Å²) in [4.78, 5) is 25.2. The molecule has 1 heterocycles. The lowest BCUT2D eigenvalue weighted by Gasteiger charge is -2.18. The molecule has 0 fully saturated rings. The molecule has 0 unspecified atom stereocenters. The second-order valence-corrected chi connectivity index (χ2v) is 3.96. The van der Waals surface area contributed by atoms with Crippen molar-refractivity contribution in [3.05, 3.63) is 35.4 Å². The number of imide groups is 1. The molecule has 1 N–H and O–H groups in total. The fourth-order valence-corrected chi connectivity index (χ4v) is 1.77. The standard InChI is InChI=1S/C12H14N2O2/c1-8(13-2)7-14-11(15)9-5-3-4-6-10(9)12(14)16/h3-6,8,13H,7H2,1-2H3/t8-/m0/s1. The number of benzene rings is 1. The Labute approximate surface area is 94.2 Å². The molecule has 1 atom stereocenters. The Hall–Kier alpha value is -1.68. The van der Waals surface area contributed by atoms with Gasteiger partial charge in [0, 0.05) is 12.6 Å². The predicted octanol–water partition coefficient (Wildman–Crippen LogP) is 0.890. The summed E-state index contributed by atoms with van der Waals surface area (Å²) in [6.45, 7) is 2.34. The highest BCUT2D eigenvalue weighted by atomic mass is 16.2. The van der Waals surface area contributed by atoms with Crippen LogP contribution in [-0.2, 0) is 0 Å². The summed E-state index contributed by atoms with van der Waals surface area (Å²) < 4.78 is 0. The van der Waals surface area contributed by atoms with Gasteiger partial charge in [-0.05, 0) is 26.1 Å². The monoisotopic (exact) mass is 218 g/mol. The molecule has 1 aromatic rings. The van der Waals surface area contributed by atoms with Crippen LogP contribution in [-0.4, -0.2) is 36.3 Å². The number of nitrogens with zero attached hydrogens (tertiary/aromatic N) is 1. The minimum Gasteiger partial charge on any atom is -0.315 e. The van der Waals surface area contributed by atoms with Gasteiger partial charge >= 0.3 is 0 Å². The normalized spacial score (nSPS) is 16.5. The fraction of sp³-hybridized carbons (Fsp3) is 0.333. The average Bonchev–Trinajstić information content (AvgIpc) is 2.55. The van der Waals surface area contributed by atoms with Crippen LogP contribution >= 0.6 is 0 Å². The Morgan fingerprint density at radius 2 is 1.69 bits per heavy atom. The van der Waals surface area contributed by atoms with Crippen LogP contribution in [0, 0.1) is 0 Å². The molecule has 16 heavy (non-hydrogen) atoms. The molecule has 4 nitrogen and oxygen atoms in total. The molecule has 0 aromatic heterocycles. The number of amides is 2. The number of fused-ring (bicyclic) bond motifs is 1. The van der Waals surface area contributed by atoms with E-state index < -0.39 is 0 Å². The summed E-state index contributed by atoms with van der Waals surface area (Å²) in [7, 11) is 1.81. The Balaban J connectivity index is 2.28. The van der Waals surface area contributed by atoms with Gasteiger partial charge in [0.15, 0.2) is 0 Å². The third-order valence-electron chi connectivity index (χ3n) is 2.83. The van der Waals surface area contributed by atoms with E-state index in [4.69, 9.17) is 0 Å². The van der Waals surface area contributed by atoms with Gasteiger partial charge in [-0.1, -0.05) is 12.1 Å². The molecule has 1 aliphatic heterocycles. The zero-order valence-electron chi connectivity index (χ0n) is 9.36. The SMILES string of the molecule is CN[C@@H](C)CN1C(=O)c2ccccc2C1=O. The average molecular weight is 218 g/mol. The maximum absolute atomic E-state index is 11.9. The first kappa shape index (κ1) is 10.8. The lowest BCUT2D eigenvalue weighted by molar-refractivity contribution is 0.0642. The lowest BCUT2D eigenvalue weighted by atomic mass is 10.1. The predicted molar refractivity (Wildman–Crippen MR) is 60.3 cm³/mol. The molecule has 0 aliphatic carbocycles. The van der Waals surface area contributed by atoms with Crippen LogP contribution in [0.5, 0.6) is 0 Å². The van der Waals surface area contributed by atoms with E-state index in [1.807, 2.05) is 14.0 Å². The van der Waals surface area contributed by atoms with Gasteiger partial charge in [0.1, 0.15) is 0 Å². The quantitative estimate of drug-likeness (QED) is 0.766.